The Morgan fingerprint density at radius 2 is 1.97 bits per heavy atom. The zero-order chi connectivity index (χ0) is 20.8. The average Bonchev–Trinajstić information content (AvgIpc) is 3.11. The Morgan fingerprint density at radius 3 is 2.60 bits per heavy atom. The summed E-state index contributed by atoms with van der Waals surface area (Å²) in [5.41, 5.74) is 2.62. The number of carbonyl (C=O) groups is 1. The molecular weight excluding hydrogens is 384 g/mol. The predicted octanol–water partition coefficient (Wildman–Crippen LogP) is 2.56. The molecule has 6 rings (SSSR count). The summed E-state index contributed by atoms with van der Waals surface area (Å²) in [4.78, 5) is 28.7. The maximum absolute atomic E-state index is 11.3. The van der Waals surface area contributed by atoms with Gasteiger partial charge >= 0.3 is 6.09 Å². The number of pyridine rings is 1. The molecule has 2 atom stereocenters. The SMILES string of the molecule is Cc1cc(Nc2cc(C)[nH]n2)nc(-c2ccc(N3CC4CC(C3)N4C(=O)O)nc2)n1. The van der Waals surface area contributed by atoms with Crippen LogP contribution < -0.4 is 10.2 Å². The van der Waals surface area contributed by atoms with Gasteiger partial charge in [-0.15, -0.1) is 0 Å². The molecule has 6 heterocycles. The number of nitrogens with one attached hydrogen (secondary N) is 2. The van der Waals surface area contributed by atoms with E-state index < -0.39 is 6.09 Å². The predicted molar refractivity (Wildman–Crippen MR) is 111 cm³/mol. The van der Waals surface area contributed by atoms with Crippen LogP contribution in [0.5, 0.6) is 0 Å². The van der Waals surface area contributed by atoms with Gasteiger partial charge in [0.2, 0.25) is 0 Å². The van der Waals surface area contributed by atoms with Gasteiger partial charge in [-0.3, -0.25) is 10.00 Å². The minimum Gasteiger partial charge on any atom is -0.465 e. The summed E-state index contributed by atoms with van der Waals surface area (Å²) in [7, 11) is 0. The van der Waals surface area contributed by atoms with Gasteiger partial charge < -0.3 is 15.3 Å². The summed E-state index contributed by atoms with van der Waals surface area (Å²) in [6.07, 6.45) is 1.87. The van der Waals surface area contributed by atoms with Crippen molar-refractivity contribution in [3.63, 3.8) is 0 Å². The van der Waals surface area contributed by atoms with Crippen molar-refractivity contribution in [1.82, 2.24) is 30.0 Å². The highest BCUT2D eigenvalue weighted by Gasteiger charge is 2.47. The first-order valence-electron chi connectivity index (χ1n) is 9.83. The summed E-state index contributed by atoms with van der Waals surface area (Å²) in [5, 5.41) is 19.5. The normalized spacial score (nSPS) is 20.1. The Kier molecular flexibility index (Phi) is 4.27. The van der Waals surface area contributed by atoms with E-state index in [2.05, 4.69) is 35.4 Å². The van der Waals surface area contributed by atoms with Crippen LogP contribution >= 0.6 is 0 Å². The number of piperidine rings is 1. The lowest BCUT2D eigenvalue weighted by Gasteiger charge is -2.55. The van der Waals surface area contributed by atoms with Crippen LogP contribution in [-0.2, 0) is 0 Å². The van der Waals surface area contributed by atoms with Crippen LogP contribution in [-0.4, -0.2) is 66.4 Å². The fourth-order valence-electron chi connectivity index (χ4n) is 4.19. The van der Waals surface area contributed by atoms with Gasteiger partial charge in [0.05, 0.1) is 12.1 Å². The van der Waals surface area contributed by atoms with Gasteiger partial charge in [-0.1, -0.05) is 0 Å². The highest BCUT2D eigenvalue weighted by molar-refractivity contribution is 5.68. The van der Waals surface area contributed by atoms with Gasteiger partial charge in [0.1, 0.15) is 11.6 Å². The van der Waals surface area contributed by atoms with Crippen LogP contribution in [0.3, 0.4) is 0 Å². The van der Waals surface area contributed by atoms with Crippen LogP contribution in [0.2, 0.25) is 0 Å². The van der Waals surface area contributed by atoms with Crippen molar-refractivity contribution in [2.45, 2.75) is 32.4 Å². The molecule has 2 bridgehead atoms. The van der Waals surface area contributed by atoms with Gasteiger partial charge in [-0.05, 0) is 32.4 Å². The summed E-state index contributed by atoms with van der Waals surface area (Å²) >= 11 is 0. The Bertz CT molecular complexity index is 1080. The second kappa shape index (κ2) is 6.97. The van der Waals surface area contributed by atoms with Gasteiger partial charge in [0, 0.05) is 48.4 Å². The minimum atomic E-state index is -0.829. The molecule has 10 heteroatoms. The first-order valence-corrected chi connectivity index (χ1v) is 9.83. The second-order valence-corrected chi connectivity index (χ2v) is 7.82. The molecule has 10 nitrogen and oxygen atoms in total. The molecule has 3 N–H and O–H groups in total. The van der Waals surface area contributed by atoms with Crippen LogP contribution in [0, 0.1) is 13.8 Å². The summed E-state index contributed by atoms with van der Waals surface area (Å²) in [6.45, 7) is 5.20. The molecule has 3 aromatic heterocycles. The fourth-order valence-corrected chi connectivity index (χ4v) is 4.19. The molecule has 154 valence electrons. The van der Waals surface area contributed by atoms with Gasteiger partial charge in [-0.2, -0.15) is 5.10 Å². The van der Waals surface area contributed by atoms with Gasteiger partial charge in [0.25, 0.3) is 0 Å². The number of piperazine rings is 1. The molecule has 3 aliphatic rings. The standard InChI is InChI=1S/C20H22N8O2/c1-11-5-16(23-17-6-12(2)25-26-17)24-19(22-11)13-3-4-18(21-8-13)27-9-14-7-15(10-27)28(14)20(29)30/h3-6,8,14-15H,7,9-10H2,1-2H3,(H,29,30)(H2,22,23,24,25,26). The van der Waals surface area contributed by atoms with Crippen LogP contribution in [0.25, 0.3) is 11.4 Å². The third kappa shape index (κ3) is 3.30. The number of hydrogen-bond donors (Lipinski definition) is 3. The molecule has 0 saturated carbocycles. The van der Waals surface area contributed by atoms with Crippen molar-refractivity contribution >= 4 is 23.5 Å². The number of hydrogen-bond acceptors (Lipinski definition) is 7. The summed E-state index contributed by atoms with van der Waals surface area (Å²) in [5.74, 6) is 2.79. The van der Waals surface area contributed by atoms with Crippen molar-refractivity contribution in [3.05, 3.63) is 41.9 Å². The smallest absolute Gasteiger partial charge is 0.407 e. The van der Waals surface area contributed by atoms with E-state index in [1.165, 1.54) is 0 Å². The molecule has 1 amide bonds. The Labute approximate surface area is 173 Å². The van der Waals surface area contributed by atoms with Crippen molar-refractivity contribution in [2.24, 2.45) is 0 Å². The molecule has 2 unspecified atom stereocenters. The van der Waals surface area contributed by atoms with Gasteiger partial charge in [0.15, 0.2) is 11.6 Å². The van der Waals surface area contributed by atoms with Crippen LogP contribution in [0.1, 0.15) is 17.8 Å². The number of amides is 1. The fraction of sp³-hybridized carbons (Fsp3) is 0.350. The van der Waals surface area contributed by atoms with E-state index in [4.69, 9.17) is 0 Å². The van der Waals surface area contributed by atoms with Crippen molar-refractivity contribution in [1.29, 1.82) is 0 Å². The molecule has 3 saturated heterocycles. The van der Waals surface area contributed by atoms with E-state index >= 15 is 0 Å². The summed E-state index contributed by atoms with van der Waals surface area (Å²) in [6, 6.07) is 7.78. The number of fused-ring (bicyclic) bond motifs is 2. The van der Waals surface area contributed by atoms with E-state index in [9.17, 15) is 9.90 Å². The molecule has 0 aromatic carbocycles. The molecule has 0 radical (unpaired) electrons. The van der Waals surface area contributed by atoms with Crippen molar-refractivity contribution in [3.8, 4) is 11.4 Å². The van der Waals surface area contributed by atoms with Crippen molar-refractivity contribution in [2.75, 3.05) is 23.3 Å². The zero-order valence-corrected chi connectivity index (χ0v) is 16.7. The molecule has 0 spiro atoms. The highest BCUT2D eigenvalue weighted by Crippen LogP contribution is 2.34. The lowest BCUT2D eigenvalue weighted by Crippen LogP contribution is -2.70. The average molecular weight is 406 g/mol. The number of H-pyrrole nitrogens is 1. The number of nitrogens with zero attached hydrogens (tertiary/aromatic N) is 6. The monoisotopic (exact) mass is 406 g/mol. The lowest BCUT2D eigenvalue weighted by atomic mass is 9.88. The molecular formula is C20H22N8O2. The molecule has 3 aliphatic heterocycles. The number of aromatic nitrogens is 5. The van der Waals surface area contributed by atoms with E-state index in [1.807, 2.05) is 38.1 Å². The minimum absolute atomic E-state index is 0.0575. The third-order valence-corrected chi connectivity index (χ3v) is 5.56. The number of aromatic amines is 1. The number of aryl methyl sites for hydroxylation is 2. The Morgan fingerprint density at radius 1 is 1.17 bits per heavy atom. The van der Waals surface area contributed by atoms with E-state index in [-0.39, 0.29) is 12.1 Å². The lowest BCUT2D eigenvalue weighted by molar-refractivity contribution is 0.0112. The van der Waals surface area contributed by atoms with Crippen LogP contribution in [0.4, 0.5) is 22.2 Å². The first-order chi connectivity index (χ1) is 14.5. The third-order valence-electron chi connectivity index (χ3n) is 5.56. The zero-order valence-electron chi connectivity index (χ0n) is 16.7. The van der Waals surface area contributed by atoms with E-state index in [0.717, 1.165) is 29.2 Å². The quantitative estimate of drug-likeness (QED) is 0.604. The highest BCUT2D eigenvalue weighted by atomic mass is 16.4. The Hall–Kier alpha value is -3.69. The maximum Gasteiger partial charge on any atom is 0.407 e. The van der Waals surface area contributed by atoms with Crippen molar-refractivity contribution < 1.29 is 9.90 Å². The summed E-state index contributed by atoms with van der Waals surface area (Å²) < 4.78 is 0. The van der Waals surface area contributed by atoms with E-state index in [1.54, 1.807) is 11.1 Å². The number of anilines is 3. The molecule has 0 aliphatic carbocycles. The topological polar surface area (TPSA) is 123 Å². The number of rotatable bonds is 4. The maximum atomic E-state index is 11.3. The van der Waals surface area contributed by atoms with E-state index in [0.29, 0.717) is 30.5 Å². The second-order valence-electron chi connectivity index (χ2n) is 7.82. The molecule has 3 fully saturated rings. The number of carboxylic acid groups (broad SMARTS) is 1. The molecule has 30 heavy (non-hydrogen) atoms. The van der Waals surface area contributed by atoms with Gasteiger partial charge in [-0.25, -0.2) is 19.7 Å². The Balaban J connectivity index is 1.33. The van der Waals surface area contributed by atoms with Crippen LogP contribution in [0.15, 0.2) is 30.5 Å². The largest absolute Gasteiger partial charge is 0.465 e. The molecule has 3 aromatic rings. The first kappa shape index (κ1) is 18.3.